The van der Waals surface area contributed by atoms with Gasteiger partial charge in [0.1, 0.15) is 11.7 Å². The van der Waals surface area contributed by atoms with E-state index in [1.807, 2.05) is 0 Å². The number of hydrogen-bond donors (Lipinski definition) is 0. The number of carbonyl (C=O) groups excluding carboxylic acids is 2. The predicted octanol–water partition coefficient (Wildman–Crippen LogP) is 2.36. The fourth-order valence-electron chi connectivity index (χ4n) is 1.41. The zero-order valence-electron chi connectivity index (χ0n) is 10.2. The quantitative estimate of drug-likeness (QED) is 0.399. The normalized spacial score (nSPS) is 13.5. The molecule has 0 aliphatic rings. The van der Waals surface area contributed by atoms with Gasteiger partial charge in [0.2, 0.25) is 0 Å². The molecule has 0 spiro atoms. The van der Waals surface area contributed by atoms with Crippen molar-refractivity contribution in [3.8, 4) is 0 Å². The van der Waals surface area contributed by atoms with Gasteiger partial charge in [-0.2, -0.15) is 0 Å². The van der Waals surface area contributed by atoms with Crippen molar-refractivity contribution in [3.63, 3.8) is 0 Å². The number of ketones is 1. The summed E-state index contributed by atoms with van der Waals surface area (Å²) in [4.78, 5) is 23.1. The molecular formula is C12H20O3. The molecule has 0 saturated carbocycles. The maximum atomic E-state index is 11.7. The van der Waals surface area contributed by atoms with Gasteiger partial charge in [0.05, 0.1) is 6.10 Å². The summed E-state index contributed by atoms with van der Waals surface area (Å²) in [5.74, 6) is -1.43. The minimum atomic E-state index is -0.766. The van der Waals surface area contributed by atoms with Crippen molar-refractivity contribution < 1.29 is 14.3 Å². The van der Waals surface area contributed by atoms with Crippen molar-refractivity contribution in [3.05, 3.63) is 12.7 Å². The highest BCUT2D eigenvalue weighted by molar-refractivity contribution is 5.98. The number of allylic oxidation sites excluding steroid dienone is 1. The Labute approximate surface area is 91.5 Å². The Bertz CT molecular complexity index is 264. The minimum absolute atomic E-state index is 0.189. The maximum Gasteiger partial charge on any atom is 0.317 e. The Hall–Kier alpha value is -1.12. The van der Waals surface area contributed by atoms with Gasteiger partial charge in [-0.1, -0.05) is 19.9 Å². The summed E-state index contributed by atoms with van der Waals surface area (Å²) < 4.78 is 5.05. The third-order valence-corrected chi connectivity index (χ3v) is 2.26. The van der Waals surface area contributed by atoms with E-state index in [0.29, 0.717) is 0 Å². The smallest absolute Gasteiger partial charge is 0.317 e. The SMILES string of the molecule is C=CC(C)(C)C(C(C)=O)C(=O)OC(C)C. The zero-order chi connectivity index (χ0) is 12.2. The molecule has 0 aliphatic heterocycles. The van der Waals surface area contributed by atoms with Gasteiger partial charge in [-0.3, -0.25) is 9.59 Å². The molecule has 0 heterocycles. The Kier molecular flexibility index (Phi) is 4.72. The topological polar surface area (TPSA) is 43.4 Å². The monoisotopic (exact) mass is 212 g/mol. The van der Waals surface area contributed by atoms with Gasteiger partial charge in [-0.15, -0.1) is 6.58 Å². The summed E-state index contributed by atoms with van der Waals surface area (Å²) >= 11 is 0. The largest absolute Gasteiger partial charge is 0.462 e. The fourth-order valence-corrected chi connectivity index (χ4v) is 1.41. The average Bonchev–Trinajstić information content (AvgIpc) is 2.01. The van der Waals surface area contributed by atoms with Crippen LogP contribution < -0.4 is 0 Å². The number of hydrogen-bond acceptors (Lipinski definition) is 3. The third kappa shape index (κ3) is 3.86. The Balaban J connectivity index is 4.91. The summed E-state index contributed by atoms with van der Waals surface area (Å²) in [5.41, 5.74) is -0.572. The number of carbonyl (C=O) groups is 2. The zero-order valence-corrected chi connectivity index (χ0v) is 10.2. The lowest BCUT2D eigenvalue weighted by molar-refractivity contribution is -0.158. The van der Waals surface area contributed by atoms with Gasteiger partial charge in [-0.25, -0.2) is 0 Å². The van der Waals surface area contributed by atoms with E-state index in [1.165, 1.54) is 6.92 Å². The van der Waals surface area contributed by atoms with Crippen LogP contribution in [0.5, 0.6) is 0 Å². The second kappa shape index (κ2) is 5.10. The van der Waals surface area contributed by atoms with Crippen LogP contribution in [0.1, 0.15) is 34.6 Å². The van der Waals surface area contributed by atoms with Gasteiger partial charge >= 0.3 is 5.97 Å². The average molecular weight is 212 g/mol. The summed E-state index contributed by atoms with van der Waals surface area (Å²) in [7, 11) is 0. The van der Waals surface area contributed by atoms with Crippen LogP contribution in [0, 0.1) is 11.3 Å². The molecule has 0 rings (SSSR count). The van der Waals surface area contributed by atoms with Gasteiger partial charge in [0.25, 0.3) is 0 Å². The molecule has 0 radical (unpaired) electrons. The van der Waals surface area contributed by atoms with Crippen LogP contribution in [0.15, 0.2) is 12.7 Å². The molecule has 0 aliphatic carbocycles. The molecule has 3 heteroatoms. The van der Waals surface area contributed by atoms with Crippen molar-refractivity contribution in [1.82, 2.24) is 0 Å². The lowest BCUT2D eigenvalue weighted by atomic mass is 9.77. The molecule has 3 nitrogen and oxygen atoms in total. The molecule has 0 amide bonds. The second-order valence-corrected chi connectivity index (χ2v) is 4.55. The summed E-state index contributed by atoms with van der Waals surface area (Å²) in [6.45, 7) is 12.2. The Morgan fingerprint density at radius 2 is 1.80 bits per heavy atom. The van der Waals surface area contributed by atoms with Gasteiger partial charge < -0.3 is 4.74 Å². The summed E-state index contributed by atoms with van der Waals surface area (Å²) in [6, 6.07) is 0. The van der Waals surface area contributed by atoms with Crippen LogP contribution in [-0.4, -0.2) is 17.9 Å². The van der Waals surface area contributed by atoms with E-state index in [2.05, 4.69) is 6.58 Å². The van der Waals surface area contributed by atoms with Crippen molar-refractivity contribution >= 4 is 11.8 Å². The third-order valence-electron chi connectivity index (χ3n) is 2.26. The Morgan fingerprint density at radius 1 is 1.33 bits per heavy atom. The van der Waals surface area contributed by atoms with E-state index in [9.17, 15) is 9.59 Å². The van der Waals surface area contributed by atoms with Crippen LogP contribution in [0.25, 0.3) is 0 Å². The van der Waals surface area contributed by atoms with Gasteiger partial charge in [0, 0.05) is 5.41 Å². The highest BCUT2D eigenvalue weighted by Crippen LogP contribution is 2.30. The van der Waals surface area contributed by atoms with Crippen molar-refractivity contribution in [2.75, 3.05) is 0 Å². The van der Waals surface area contributed by atoms with Gasteiger partial charge in [-0.05, 0) is 20.8 Å². The second-order valence-electron chi connectivity index (χ2n) is 4.55. The highest BCUT2D eigenvalue weighted by atomic mass is 16.5. The molecule has 15 heavy (non-hydrogen) atoms. The molecule has 0 aromatic rings. The van der Waals surface area contributed by atoms with E-state index in [0.717, 1.165) is 0 Å². The molecule has 1 unspecified atom stereocenters. The van der Waals surface area contributed by atoms with Crippen molar-refractivity contribution in [1.29, 1.82) is 0 Å². The van der Waals surface area contributed by atoms with E-state index in [4.69, 9.17) is 4.74 Å². The van der Waals surface area contributed by atoms with Crippen LogP contribution >= 0.6 is 0 Å². The standard InChI is InChI=1S/C12H20O3/c1-7-12(5,6)10(9(4)13)11(14)15-8(2)3/h7-8,10H,1H2,2-6H3. The first-order chi connectivity index (χ1) is 6.72. The van der Waals surface area contributed by atoms with Crippen LogP contribution in [0.3, 0.4) is 0 Å². The maximum absolute atomic E-state index is 11.7. The number of ether oxygens (including phenoxy) is 1. The number of rotatable bonds is 5. The van der Waals surface area contributed by atoms with Crippen molar-refractivity contribution in [2.45, 2.75) is 40.7 Å². The Morgan fingerprint density at radius 3 is 2.07 bits per heavy atom. The molecule has 1 atom stereocenters. The number of Topliss-reactive ketones (excluding diaryl/α,β-unsaturated/α-hetero) is 1. The van der Waals surface area contributed by atoms with Crippen LogP contribution in [0.4, 0.5) is 0 Å². The van der Waals surface area contributed by atoms with Crippen molar-refractivity contribution in [2.24, 2.45) is 11.3 Å². The lowest BCUT2D eigenvalue weighted by Crippen LogP contribution is -2.37. The molecular weight excluding hydrogens is 192 g/mol. The molecule has 0 saturated heterocycles. The first-order valence-corrected chi connectivity index (χ1v) is 5.07. The summed E-state index contributed by atoms with van der Waals surface area (Å²) in [5, 5.41) is 0. The fraction of sp³-hybridized carbons (Fsp3) is 0.667. The van der Waals surface area contributed by atoms with E-state index < -0.39 is 17.3 Å². The van der Waals surface area contributed by atoms with E-state index in [-0.39, 0.29) is 11.9 Å². The predicted molar refractivity (Wildman–Crippen MR) is 59.4 cm³/mol. The first kappa shape index (κ1) is 13.9. The molecule has 86 valence electrons. The number of esters is 1. The molecule has 0 N–H and O–H groups in total. The van der Waals surface area contributed by atoms with Crippen LogP contribution in [-0.2, 0) is 14.3 Å². The minimum Gasteiger partial charge on any atom is -0.462 e. The molecule has 0 aromatic heterocycles. The first-order valence-electron chi connectivity index (χ1n) is 5.07. The molecule has 0 aromatic carbocycles. The lowest BCUT2D eigenvalue weighted by Gasteiger charge is -2.28. The summed E-state index contributed by atoms with van der Waals surface area (Å²) in [6.07, 6.45) is 1.40. The van der Waals surface area contributed by atoms with Gasteiger partial charge in [0.15, 0.2) is 0 Å². The molecule has 0 bridgehead atoms. The van der Waals surface area contributed by atoms with E-state index in [1.54, 1.807) is 33.8 Å². The molecule has 0 fully saturated rings. The highest BCUT2D eigenvalue weighted by Gasteiger charge is 2.38. The van der Waals surface area contributed by atoms with E-state index >= 15 is 0 Å². The van der Waals surface area contributed by atoms with Crippen LogP contribution in [0.2, 0.25) is 0 Å².